The van der Waals surface area contributed by atoms with Crippen molar-refractivity contribution in [2.45, 2.75) is 38.8 Å². The Balaban J connectivity index is 1.61. The highest BCUT2D eigenvalue weighted by molar-refractivity contribution is 5.89. The van der Waals surface area contributed by atoms with Gasteiger partial charge in [-0.15, -0.1) is 0 Å². The number of benzene rings is 1. The Morgan fingerprint density at radius 1 is 1.24 bits per heavy atom. The highest BCUT2D eigenvalue weighted by Crippen LogP contribution is 2.50. The molecule has 1 saturated heterocycles. The first-order valence-electron chi connectivity index (χ1n) is 9.00. The van der Waals surface area contributed by atoms with Crippen molar-refractivity contribution in [3.05, 3.63) is 30.1 Å². The van der Waals surface area contributed by atoms with E-state index in [4.69, 9.17) is 10.5 Å². The second-order valence-corrected chi connectivity index (χ2v) is 7.60. The molecule has 2 fully saturated rings. The number of carbonyl (C=O) groups excluding carboxylic acids is 1. The lowest BCUT2D eigenvalue weighted by atomic mass is 9.54. The van der Waals surface area contributed by atoms with Crippen molar-refractivity contribution in [1.82, 2.24) is 4.90 Å². The molecule has 1 heterocycles. The summed E-state index contributed by atoms with van der Waals surface area (Å²) >= 11 is 0. The van der Waals surface area contributed by atoms with E-state index >= 15 is 0 Å². The van der Waals surface area contributed by atoms with Crippen LogP contribution in [0.3, 0.4) is 0 Å². The van der Waals surface area contributed by atoms with Crippen molar-refractivity contribution in [2.75, 3.05) is 37.7 Å². The fourth-order valence-corrected chi connectivity index (χ4v) is 3.90. The van der Waals surface area contributed by atoms with E-state index in [-0.39, 0.29) is 23.2 Å². The van der Waals surface area contributed by atoms with Crippen LogP contribution in [0.25, 0.3) is 0 Å². The van der Waals surface area contributed by atoms with E-state index < -0.39 is 5.54 Å². The Labute approximate surface area is 148 Å². The quantitative estimate of drug-likeness (QED) is 0.903. The van der Waals surface area contributed by atoms with Gasteiger partial charge in [-0.1, -0.05) is 13.8 Å². The summed E-state index contributed by atoms with van der Waals surface area (Å²) in [5.41, 5.74) is 6.27. The van der Waals surface area contributed by atoms with E-state index in [2.05, 4.69) is 4.90 Å². The number of nitrogens with two attached hydrogens (primary N) is 1. The number of hydrogen-bond donors (Lipinski definition) is 1. The molecule has 0 aromatic heterocycles. The molecule has 1 aromatic carbocycles. The van der Waals surface area contributed by atoms with Gasteiger partial charge in [0.2, 0.25) is 5.91 Å². The molecule has 0 bridgehead atoms. The van der Waals surface area contributed by atoms with Gasteiger partial charge in [-0.3, -0.25) is 4.79 Å². The van der Waals surface area contributed by atoms with Gasteiger partial charge in [0.25, 0.3) is 0 Å². The Morgan fingerprint density at radius 2 is 1.84 bits per heavy atom. The summed E-state index contributed by atoms with van der Waals surface area (Å²) in [4.78, 5) is 17.1. The van der Waals surface area contributed by atoms with Crippen molar-refractivity contribution in [2.24, 2.45) is 11.1 Å². The van der Waals surface area contributed by atoms with E-state index in [0.717, 1.165) is 18.8 Å². The minimum Gasteiger partial charge on any atom is -0.378 e. The third-order valence-electron chi connectivity index (χ3n) is 5.97. The number of nitrogens with zero attached hydrogens (tertiary/aromatic N) is 2. The first-order chi connectivity index (χ1) is 11.8. The maximum Gasteiger partial charge on any atom is 0.243 e. The maximum atomic E-state index is 13.1. The standard InChI is InChI=1S/C19H28FN3O2/c1-4-25-16-13-19(21,18(16,2)3)17(24)23-11-9-22(10-12-23)15-7-5-14(20)6-8-15/h5-8,16H,4,9-13,21H2,1-3H3. The zero-order valence-electron chi connectivity index (χ0n) is 15.3. The van der Waals surface area contributed by atoms with E-state index in [1.807, 2.05) is 25.7 Å². The van der Waals surface area contributed by atoms with Crippen molar-refractivity contribution in [3.8, 4) is 0 Å². The second-order valence-electron chi connectivity index (χ2n) is 7.60. The first kappa shape index (κ1) is 18.1. The second kappa shape index (κ2) is 6.57. The lowest BCUT2D eigenvalue weighted by Gasteiger charge is -2.59. The molecule has 0 radical (unpaired) electrons. The fourth-order valence-electron chi connectivity index (χ4n) is 3.90. The maximum absolute atomic E-state index is 13.1. The SMILES string of the molecule is CCOC1CC(N)(C(=O)N2CCN(c3ccc(F)cc3)CC2)C1(C)C. The van der Waals surface area contributed by atoms with Crippen LogP contribution in [-0.2, 0) is 9.53 Å². The van der Waals surface area contributed by atoms with Gasteiger partial charge in [0.15, 0.2) is 0 Å². The Morgan fingerprint density at radius 3 is 2.36 bits per heavy atom. The molecule has 3 rings (SSSR count). The average molecular weight is 349 g/mol. The monoisotopic (exact) mass is 349 g/mol. The van der Waals surface area contributed by atoms with Gasteiger partial charge in [-0.05, 0) is 31.2 Å². The normalized spacial score (nSPS) is 28.6. The summed E-state index contributed by atoms with van der Waals surface area (Å²) in [7, 11) is 0. The molecule has 1 aromatic rings. The summed E-state index contributed by atoms with van der Waals surface area (Å²) in [5, 5.41) is 0. The van der Waals surface area contributed by atoms with Gasteiger partial charge in [0.05, 0.1) is 6.10 Å². The predicted molar refractivity (Wildman–Crippen MR) is 95.9 cm³/mol. The number of carbonyl (C=O) groups is 1. The van der Waals surface area contributed by atoms with Crippen molar-refractivity contribution in [3.63, 3.8) is 0 Å². The smallest absolute Gasteiger partial charge is 0.243 e. The van der Waals surface area contributed by atoms with E-state index in [1.54, 1.807) is 12.1 Å². The summed E-state index contributed by atoms with van der Waals surface area (Å²) < 4.78 is 18.8. The lowest BCUT2D eigenvalue weighted by molar-refractivity contribution is -0.179. The van der Waals surface area contributed by atoms with Crippen LogP contribution in [0.15, 0.2) is 24.3 Å². The molecular formula is C19H28FN3O2. The highest BCUT2D eigenvalue weighted by atomic mass is 19.1. The van der Waals surface area contributed by atoms with Crippen LogP contribution in [-0.4, -0.2) is 55.2 Å². The summed E-state index contributed by atoms with van der Waals surface area (Å²) in [5.74, 6) is -0.217. The van der Waals surface area contributed by atoms with Crippen LogP contribution in [0.2, 0.25) is 0 Å². The molecule has 2 atom stereocenters. The first-order valence-corrected chi connectivity index (χ1v) is 9.00. The molecule has 1 aliphatic heterocycles. The van der Waals surface area contributed by atoms with Crippen molar-refractivity contribution >= 4 is 11.6 Å². The minimum atomic E-state index is -0.856. The number of amides is 1. The van der Waals surface area contributed by atoms with Crippen molar-refractivity contribution < 1.29 is 13.9 Å². The molecule has 138 valence electrons. The lowest BCUT2D eigenvalue weighted by Crippen LogP contribution is -2.76. The van der Waals surface area contributed by atoms with Crippen LogP contribution in [0.4, 0.5) is 10.1 Å². The molecule has 2 N–H and O–H groups in total. The molecule has 1 aliphatic carbocycles. The predicted octanol–water partition coefficient (Wildman–Crippen LogP) is 2.01. The van der Waals surface area contributed by atoms with Gasteiger partial charge in [0.1, 0.15) is 11.4 Å². The number of anilines is 1. The van der Waals surface area contributed by atoms with Gasteiger partial charge in [-0.25, -0.2) is 4.39 Å². The zero-order chi connectivity index (χ0) is 18.2. The number of piperazine rings is 1. The van der Waals surface area contributed by atoms with Gasteiger partial charge in [0, 0.05) is 50.3 Å². The van der Waals surface area contributed by atoms with Crippen LogP contribution in [0.1, 0.15) is 27.2 Å². The number of ether oxygens (including phenoxy) is 1. The van der Waals surface area contributed by atoms with Gasteiger partial charge in [-0.2, -0.15) is 0 Å². The molecule has 0 spiro atoms. The Hall–Kier alpha value is -1.66. The molecule has 1 saturated carbocycles. The van der Waals surface area contributed by atoms with E-state index in [9.17, 15) is 9.18 Å². The topological polar surface area (TPSA) is 58.8 Å². The van der Waals surface area contributed by atoms with Gasteiger partial charge < -0.3 is 20.3 Å². The van der Waals surface area contributed by atoms with Crippen LogP contribution in [0, 0.1) is 11.2 Å². The Bertz CT molecular complexity index is 626. The third-order valence-corrected chi connectivity index (χ3v) is 5.97. The third kappa shape index (κ3) is 3.02. The largest absolute Gasteiger partial charge is 0.378 e. The summed E-state index contributed by atoms with van der Waals surface area (Å²) in [6.07, 6.45) is 0.608. The number of hydrogen-bond acceptors (Lipinski definition) is 4. The molecule has 25 heavy (non-hydrogen) atoms. The van der Waals surface area contributed by atoms with Crippen molar-refractivity contribution in [1.29, 1.82) is 0 Å². The van der Waals surface area contributed by atoms with Crippen LogP contribution in [0.5, 0.6) is 0 Å². The zero-order valence-corrected chi connectivity index (χ0v) is 15.3. The minimum absolute atomic E-state index is 0.0206. The van der Waals surface area contributed by atoms with Crippen LogP contribution < -0.4 is 10.6 Å². The van der Waals surface area contributed by atoms with Gasteiger partial charge >= 0.3 is 0 Å². The molecule has 1 amide bonds. The summed E-state index contributed by atoms with van der Waals surface area (Å²) in [6, 6.07) is 6.48. The molecule has 5 nitrogen and oxygen atoms in total. The van der Waals surface area contributed by atoms with Crippen LogP contribution >= 0.6 is 0 Å². The highest BCUT2D eigenvalue weighted by Gasteiger charge is 2.63. The molecule has 2 unspecified atom stereocenters. The Kier molecular flexibility index (Phi) is 4.77. The van der Waals surface area contributed by atoms with E-state index in [0.29, 0.717) is 26.1 Å². The molecule has 2 aliphatic rings. The fraction of sp³-hybridized carbons (Fsp3) is 0.632. The molecular weight excluding hydrogens is 321 g/mol. The molecule has 6 heteroatoms. The van der Waals surface area contributed by atoms with E-state index in [1.165, 1.54) is 12.1 Å². The summed E-state index contributed by atoms with van der Waals surface area (Å²) in [6.45, 7) is 9.34. The number of halogens is 1. The average Bonchev–Trinajstić information content (AvgIpc) is 2.61. The number of rotatable bonds is 4.